The molecule has 0 saturated carbocycles. The van der Waals surface area contributed by atoms with Crippen LogP contribution in [0.15, 0.2) is 48.8 Å². The fourth-order valence-corrected chi connectivity index (χ4v) is 6.16. The van der Waals surface area contributed by atoms with Gasteiger partial charge in [-0.25, -0.2) is 0 Å². The number of aromatic nitrogens is 5. The third-order valence-electron chi connectivity index (χ3n) is 8.11. The number of alkyl halides is 6. The first-order chi connectivity index (χ1) is 20.9. The topological polar surface area (TPSA) is 72.2 Å². The molecule has 0 amide bonds. The van der Waals surface area contributed by atoms with Gasteiger partial charge in [-0.15, -0.1) is 5.10 Å². The molecule has 4 heterocycles. The second-order valence-electron chi connectivity index (χ2n) is 11.1. The van der Waals surface area contributed by atoms with Crippen LogP contribution < -0.4 is 9.80 Å². The van der Waals surface area contributed by atoms with Gasteiger partial charge in [0.1, 0.15) is 0 Å². The number of anilines is 2. The lowest BCUT2D eigenvalue weighted by Gasteiger charge is -2.34. The largest absolute Gasteiger partial charge is 0.416 e. The van der Waals surface area contributed by atoms with E-state index in [9.17, 15) is 26.3 Å². The highest BCUT2D eigenvalue weighted by Crippen LogP contribution is 2.45. The average molecular weight is 618 g/mol. The van der Waals surface area contributed by atoms with Gasteiger partial charge in [-0.2, -0.15) is 31.1 Å². The Morgan fingerprint density at radius 3 is 2.39 bits per heavy atom. The maximum atomic E-state index is 13.8. The third-order valence-corrected chi connectivity index (χ3v) is 8.11. The molecule has 0 N–H and O–H groups in total. The summed E-state index contributed by atoms with van der Waals surface area (Å²) in [7, 11) is 1.55. The van der Waals surface area contributed by atoms with Gasteiger partial charge in [0.15, 0.2) is 0 Å². The molecule has 6 rings (SSSR count). The zero-order valence-corrected chi connectivity index (χ0v) is 24.0. The second-order valence-corrected chi connectivity index (χ2v) is 11.1. The normalized spacial score (nSPS) is 16.9. The van der Waals surface area contributed by atoms with Crippen molar-refractivity contribution in [2.45, 2.75) is 64.5 Å². The Morgan fingerprint density at radius 2 is 1.75 bits per heavy atom. The zero-order valence-electron chi connectivity index (χ0n) is 24.0. The minimum Gasteiger partial charge on any atom is -0.372 e. The molecule has 232 valence electrons. The average Bonchev–Trinajstić information content (AvgIpc) is 3.58. The number of hydrogen-bond acceptors (Lipinski definition) is 7. The molecule has 4 aromatic rings. The van der Waals surface area contributed by atoms with Crippen LogP contribution in [0.25, 0.3) is 0 Å². The number of aryl methyl sites for hydroxylation is 1. The van der Waals surface area contributed by atoms with Crippen LogP contribution in [0.2, 0.25) is 0 Å². The Hall–Kier alpha value is -4.20. The Morgan fingerprint density at radius 1 is 1.00 bits per heavy atom. The van der Waals surface area contributed by atoms with Crippen molar-refractivity contribution in [3.05, 3.63) is 93.3 Å². The standard InChI is InChI=1S/C30H29F6N7O/c1-18-25-17-44-16-21(25)11-24-26(6-4-8-42(27(18)24)14-19-5-3-7-37-13-19)43(28-38-40-41(2)39-28)15-20-9-22(29(31,32)33)12-23(10-20)30(34,35)36/h3,5,7,9-13,26H,4,6,8,14-17H2,1-2H3. The molecule has 0 aliphatic carbocycles. The molecule has 2 aromatic carbocycles. The molecule has 2 aliphatic heterocycles. The Labute approximate surface area is 249 Å². The monoisotopic (exact) mass is 617 g/mol. The van der Waals surface area contributed by atoms with E-state index in [1.165, 1.54) is 4.80 Å². The predicted molar refractivity (Wildman–Crippen MR) is 148 cm³/mol. The van der Waals surface area contributed by atoms with E-state index in [0.717, 1.165) is 45.6 Å². The van der Waals surface area contributed by atoms with E-state index in [1.54, 1.807) is 24.3 Å². The Kier molecular flexibility index (Phi) is 7.72. The van der Waals surface area contributed by atoms with Gasteiger partial charge < -0.3 is 14.5 Å². The van der Waals surface area contributed by atoms with Gasteiger partial charge in [-0.05, 0) is 88.7 Å². The van der Waals surface area contributed by atoms with Gasteiger partial charge in [0.05, 0.1) is 37.4 Å². The summed E-state index contributed by atoms with van der Waals surface area (Å²) in [6.45, 7) is 3.82. The summed E-state index contributed by atoms with van der Waals surface area (Å²) < 4.78 is 88.3. The number of halogens is 6. The van der Waals surface area contributed by atoms with Gasteiger partial charge >= 0.3 is 12.4 Å². The number of rotatable bonds is 6. The molecular formula is C30H29F6N7O. The number of tetrazole rings is 1. The summed E-state index contributed by atoms with van der Waals surface area (Å²) in [5, 5.41) is 12.4. The molecule has 0 fully saturated rings. The van der Waals surface area contributed by atoms with Crippen molar-refractivity contribution in [3.8, 4) is 0 Å². The van der Waals surface area contributed by atoms with Crippen LogP contribution >= 0.6 is 0 Å². The fourth-order valence-electron chi connectivity index (χ4n) is 6.16. The van der Waals surface area contributed by atoms with Crippen LogP contribution in [0, 0.1) is 6.92 Å². The minimum absolute atomic E-state index is 0.101. The van der Waals surface area contributed by atoms with E-state index in [2.05, 4.69) is 25.3 Å². The molecule has 0 radical (unpaired) electrons. The van der Waals surface area contributed by atoms with Gasteiger partial charge in [-0.3, -0.25) is 4.98 Å². The Bertz CT molecular complexity index is 1620. The van der Waals surface area contributed by atoms with Crippen molar-refractivity contribution in [2.24, 2.45) is 7.05 Å². The summed E-state index contributed by atoms with van der Waals surface area (Å²) in [6.07, 6.45) is -5.20. The quantitative estimate of drug-likeness (QED) is 0.228. The van der Waals surface area contributed by atoms with Crippen LogP contribution in [-0.4, -0.2) is 31.7 Å². The number of fused-ring (bicyclic) bond motifs is 2. The number of nitrogens with zero attached hydrogens (tertiary/aromatic N) is 7. The molecule has 0 saturated heterocycles. The van der Waals surface area contributed by atoms with Crippen molar-refractivity contribution >= 4 is 11.6 Å². The first-order valence-electron chi connectivity index (χ1n) is 14.0. The van der Waals surface area contributed by atoms with E-state index in [1.807, 2.05) is 25.1 Å². The first kappa shape index (κ1) is 29.9. The van der Waals surface area contributed by atoms with Gasteiger partial charge in [0, 0.05) is 37.7 Å². The van der Waals surface area contributed by atoms with Crippen LogP contribution in [0.1, 0.15) is 63.4 Å². The summed E-state index contributed by atoms with van der Waals surface area (Å²) in [4.78, 5) is 9.38. The maximum Gasteiger partial charge on any atom is 0.416 e. The van der Waals surface area contributed by atoms with E-state index in [0.29, 0.717) is 39.1 Å². The number of ether oxygens (including phenoxy) is 1. The fraction of sp³-hybridized carbons (Fsp3) is 0.400. The van der Waals surface area contributed by atoms with Crippen molar-refractivity contribution in [1.82, 2.24) is 25.2 Å². The molecule has 1 atom stereocenters. The number of pyridine rings is 1. The van der Waals surface area contributed by atoms with Crippen molar-refractivity contribution in [3.63, 3.8) is 0 Å². The SMILES string of the molecule is Cc1c2c(cc3c1N(Cc1cccnc1)CCCC3N(Cc1cc(C(F)(F)F)cc(C(F)(F)F)c1)c1nnn(C)n1)COC2. The molecule has 2 aliphatic rings. The zero-order chi connectivity index (χ0) is 31.2. The van der Waals surface area contributed by atoms with E-state index in [4.69, 9.17) is 4.74 Å². The van der Waals surface area contributed by atoms with Crippen LogP contribution in [0.3, 0.4) is 0 Å². The van der Waals surface area contributed by atoms with Crippen molar-refractivity contribution in [1.29, 1.82) is 0 Å². The molecule has 2 aromatic heterocycles. The minimum atomic E-state index is -4.97. The maximum absolute atomic E-state index is 13.8. The highest BCUT2D eigenvalue weighted by Gasteiger charge is 2.38. The van der Waals surface area contributed by atoms with E-state index < -0.39 is 29.5 Å². The van der Waals surface area contributed by atoms with Gasteiger partial charge in [-0.1, -0.05) is 11.2 Å². The highest BCUT2D eigenvalue weighted by atomic mass is 19.4. The third kappa shape index (κ3) is 5.94. The summed E-state index contributed by atoms with van der Waals surface area (Å²) in [6, 6.07) is 7.07. The molecule has 14 heteroatoms. The van der Waals surface area contributed by atoms with E-state index in [-0.39, 0.29) is 24.1 Å². The number of benzene rings is 2. The van der Waals surface area contributed by atoms with Crippen LogP contribution in [0.5, 0.6) is 0 Å². The first-order valence-corrected chi connectivity index (χ1v) is 14.0. The van der Waals surface area contributed by atoms with Gasteiger partial charge in [0.25, 0.3) is 5.95 Å². The molecule has 0 bridgehead atoms. The second kappa shape index (κ2) is 11.4. The smallest absolute Gasteiger partial charge is 0.372 e. The molecule has 8 nitrogen and oxygen atoms in total. The van der Waals surface area contributed by atoms with Crippen molar-refractivity contribution in [2.75, 3.05) is 16.3 Å². The summed E-state index contributed by atoms with van der Waals surface area (Å²) >= 11 is 0. The highest BCUT2D eigenvalue weighted by molar-refractivity contribution is 5.67. The van der Waals surface area contributed by atoms with Crippen LogP contribution in [-0.2, 0) is 50.4 Å². The molecule has 1 unspecified atom stereocenters. The Balaban J connectivity index is 1.49. The van der Waals surface area contributed by atoms with Crippen molar-refractivity contribution < 1.29 is 31.1 Å². The van der Waals surface area contributed by atoms with Gasteiger partial charge in [0.2, 0.25) is 0 Å². The summed E-state index contributed by atoms with van der Waals surface area (Å²) in [5.74, 6) is 0.101. The lowest BCUT2D eigenvalue weighted by Crippen LogP contribution is -2.30. The number of hydrogen-bond donors (Lipinski definition) is 0. The summed E-state index contributed by atoms with van der Waals surface area (Å²) in [5.41, 5.74) is 3.03. The molecule has 44 heavy (non-hydrogen) atoms. The molecule has 0 spiro atoms. The molecular weight excluding hydrogens is 588 g/mol. The lowest BCUT2D eigenvalue weighted by atomic mass is 9.91. The van der Waals surface area contributed by atoms with E-state index >= 15 is 0 Å². The van der Waals surface area contributed by atoms with Crippen LogP contribution in [0.4, 0.5) is 38.0 Å². The lowest BCUT2D eigenvalue weighted by molar-refractivity contribution is -0.143. The predicted octanol–water partition coefficient (Wildman–Crippen LogP) is 6.53.